The van der Waals surface area contributed by atoms with Gasteiger partial charge in [-0.2, -0.15) is 34.8 Å². The number of hydrogen-bond donors (Lipinski definition) is 1. The summed E-state index contributed by atoms with van der Waals surface area (Å²) in [4.78, 5) is 12.2. The molecule has 2 aromatic rings. The molecule has 1 unspecified atom stereocenters. The van der Waals surface area contributed by atoms with Crippen LogP contribution < -0.4 is 8.31 Å². The van der Waals surface area contributed by atoms with E-state index in [0.29, 0.717) is 11.3 Å². The van der Waals surface area contributed by atoms with Crippen molar-refractivity contribution in [2.75, 3.05) is 18.6 Å². The highest BCUT2D eigenvalue weighted by molar-refractivity contribution is 8.05. The summed E-state index contributed by atoms with van der Waals surface area (Å²) in [5, 5.41) is -13.9. The molecule has 232 valence electrons. The van der Waals surface area contributed by atoms with Crippen LogP contribution in [0.5, 0.6) is 5.75 Å². The summed E-state index contributed by atoms with van der Waals surface area (Å²) < 4.78 is 165. The molecule has 0 spiro atoms. The first-order chi connectivity index (χ1) is 18.5. The maximum Gasteiger partial charge on any atom is 0.450 e. The van der Waals surface area contributed by atoms with Gasteiger partial charge in [-0.3, -0.25) is 4.79 Å². The first kappa shape index (κ1) is 34.9. The minimum absolute atomic E-state index is 0.0264. The number of alkyl halides is 6. The van der Waals surface area contributed by atoms with Crippen LogP contribution in [0.2, 0.25) is 0 Å². The Morgan fingerprint density at radius 1 is 0.927 bits per heavy atom. The highest BCUT2D eigenvalue weighted by Gasteiger charge is 2.83. The lowest BCUT2D eigenvalue weighted by molar-refractivity contribution is -0.245. The highest BCUT2D eigenvalue weighted by atomic mass is 32.3. The Balaban J connectivity index is 2.40. The zero-order chi connectivity index (χ0) is 31.7. The molecular formula is C21H23F6NO9S4. The zero-order valence-corrected chi connectivity index (χ0v) is 24.5. The number of sulfonamides is 2. The number of carbonyl (C=O) groups excluding carboxylic acids is 1. The second-order valence-electron chi connectivity index (χ2n) is 8.44. The number of ether oxygens (including phenoxy) is 1. The SMILES string of the molecule is CCC(C)C(=O)OCCSc1ccc(OS(=O)(=O)C(F)(F)C(F)(F)C(F)(F)S(=O)(=O)NS(C)(=O)=O)c2ccccc12. The highest BCUT2D eigenvalue weighted by Crippen LogP contribution is 2.51. The molecule has 0 heterocycles. The van der Waals surface area contributed by atoms with Crippen molar-refractivity contribution in [1.82, 2.24) is 4.13 Å². The van der Waals surface area contributed by atoms with Crippen molar-refractivity contribution in [2.45, 2.75) is 41.6 Å². The predicted octanol–water partition coefficient (Wildman–Crippen LogP) is 3.93. The number of thioether (sulfide) groups is 1. The number of halogens is 6. The molecule has 1 atom stereocenters. The van der Waals surface area contributed by atoms with E-state index in [1.54, 1.807) is 13.8 Å². The van der Waals surface area contributed by atoms with Gasteiger partial charge in [0, 0.05) is 16.0 Å². The van der Waals surface area contributed by atoms with E-state index in [0.717, 1.165) is 30.0 Å². The molecule has 0 fully saturated rings. The van der Waals surface area contributed by atoms with E-state index >= 15 is 0 Å². The molecule has 0 aliphatic heterocycles. The lowest BCUT2D eigenvalue weighted by atomic mass is 10.1. The third kappa shape index (κ3) is 7.20. The fourth-order valence-electron chi connectivity index (χ4n) is 2.96. The Kier molecular flexibility index (Phi) is 10.3. The lowest BCUT2D eigenvalue weighted by Gasteiger charge is -2.31. The molecule has 0 aromatic heterocycles. The van der Waals surface area contributed by atoms with Crippen LogP contribution in [0, 0.1) is 5.92 Å². The molecular weight excluding hydrogens is 652 g/mol. The smallest absolute Gasteiger partial charge is 0.450 e. The van der Waals surface area contributed by atoms with E-state index in [-0.39, 0.29) is 39.4 Å². The first-order valence-corrected chi connectivity index (χ1v) is 16.9. The largest absolute Gasteiger partial charge is 0.465 e. The van der Waals surface area contributed by atoms with Crippen LogP contribution in [0.15, 0.2) is 41.3 Å². The Morgan fingerprint density at radius 2 is 1.49 bits per heavy atom. The molecule has 0 aliphatic carbocycles. The van der Waals surface area contributed by atoms with Gasteiger partial charge in [-0.1, -0.05) is 38.1 Å². The summed E-state index contributed by atoms with van der Waals surface area (Å²) in [6.45, 7) is 3.43. The summed E-state index contributed by atoms with van der Waals surface area (Å²) in [7, 11) is -19.4. The minimum atomic E-state index is -7.23. The summed E-state index contributed by atoms with van der Waals surface area (Å²) in [6, 6.07) is 7.14. The van der Waals surface area contributed by atoms with Crippen molar-refractivity contribution < 1.29 is 65.3 Å². The van der Waals surface area contributed by atoms with Crippen LogP contribution in [-0.4, -0.2) is 66.3 Å². The number of fused-ring (bicyclic) bond motifs is 1. The van der Waals surface area contributed by atoms with Crippen molar-refractivity contribution in [1.29, 1.82) is 0 Å². The van der Waals surface area contributed by atoms with Gasteiger partial charge in [0.05, 0.1) is 12.2 Å². The number of rotatable bonds is 14. The van der Waals surface area contributed by atoms with Crippen LogP contribution in [-0.2, 0) is 39.7 Å². The van der Waals surface area contributed by atoms with Crippen molar-refractivity contribution >= 4 is 58.7 Å². The molecule has 0 bridgehead atoms. The van der Waals surface area contributed by atoms with Gasteiger partial charge in [0.15, 0.2) is 5.75 Å². The third-order valence-corrected chi connectivity index (χ3v) is 10.6. The van der Waals surface area contributed by atoms with Crippen molar-refractivity contribution in [3.63, 3.8) is 0 Å². The van der Waals surface area contributed by atoms with Gasteiger partial charge < -0.3 is 8.92 Å². The van der Waals surface area contributed by atoms with Gasteiger partial charge in [0.2, 0.25) is 10.0 Å². The Morgan fingerprint density at radius 3 is 2.02 bits per heavy atom. The molecule has 20 heteroatoms. The van der Waals surface area contributed by atoms with Crippen LogP contribution in [0.4, 0.5) is 26.3 Å². The minimum Gasteiger partial charge on any atom is -0.465 e. The quantitative estimate of drug-likeness (QED) is 0.103. The summed E-state index contributed by atoms with van der Waals surface area (Å²) in [5.74, 6) is -8.80. The molecule has 0 amide bonds. The van der Waals surface area contributed by atoms with Crippen LogP contribution in [0.3, 0.4) is 0 Å². The first-order valence-electron chi connectivity index (χ1n) is 11.1. The molecule has 41 heavy (non-hydrogen) atoms. The van der Waals surface area contributed by atoms with Gasteiger partial charge in [-0.15, -0.1) is 15.9 Å². The normalized spacial score (nSPS) is 14.6. The van der Waals surface area contributed by atoms with E-state index in [2.05, 4.69) is 4.18 Å². The van der Waals surface area contributed by atoms with Crippen molar-refractivity contribution in [2.24, 2.45) is 5.92 Å². The Hall–Kier alpha value is -2.29. The maximum absolute atomic E-state index is 14.5. The number of carbonyl (C=O) groups is 1. The second-order valence-corrected chi connectivity index (χ2v) is 14.9. The number of nitrogens with one attached hydrogen (secondary N) is 1. The van der Waals surface area contributed by atoms with Gasteiger partial charge in [-0.05, 0) is 23.9 Å². The second kappa shape index (κ2) is 12.1. The molecule has 2 aromatic carbocycles. The summed E-state index contributed by atoms with van der Waals surface area (Å²) in [6.07, 6.45) is 0.500. The summed E-state index contributed by atoms with van der Waals surface area (Å²) >= 11 is 1.09. The lowest BCUT2D eigenvalue weighted by Crippen LogP contribution is -2.63. The zero-order valence-electron chi connectivity index (χ0n) is 21.2. The van der Waals surface area contributed by atoms with Gasteiger partial charge in [-0.25, -0.2) is 16.8 Å². The maximum atomic E-state index is 14.5. The van der Waals surface area contributed by atoms with Gasteiger partial charge in [0.25, 0.3) is 10.0 Å². The van der Waals surface area contributed by atoms with E-state index in [1.807, 2.05) is 0 Å². The third-order valence-electron chi connectivity index (χ3n) is 5.29. The van der Waals surface area contributed by atoms with Crippen LogP contribution in [0.25, 0.3) is 10.8 Å². The number of esters is 1. The molecule has 10 nitrogen and oxygen atoms in total. The van der Waals surface area contributed by atoms with E-state index < -0.39 is 58.3 Å². The fourth-order valence-corrected chi connectivity index (χ4v) is 7.32. The average Bonchev–Trinajstić information content (AvgIpc) is 2.84. The van der Waals surface area contributed by atoms with Crippen LogP contribution >= 0.6 is 11.8 Å². The Bertz CT molecular complexity index is 1610. The van der Waals surface area contributed by atoms with Crippen molar-refractivity contribution in [3.8, 4) is 5.75 Å². The topological polar surface area (TPSA) is 150 Å². The molecule has 0 aliphatic rings. The number of benzene rings is 2. The number of hydrogen-bond acceptors (Lipinski definition) is 10. The van der Waals surface area contributed by atoms with E-state index in [1.165, 1.54) is 18.2 Å². The van der Waals surface area contributed by atoms with Gasteiger partial charge >= 0.3 is 32.5 Å². The predicted molar refractivity (Wildman–Crippen MR) is 136 cm³/mol. The molecule has 0 radical (unpaired) electrons. The molecule has 2 rings (SSSR count). The van der Waals surface area contributed by atoms with Gasteiger partial charge in [0.1, 0.15) is 6.61 Å². The van der Waals surface area contributed by atoms with E-state index in [4.69, 9.17) is 4.74 Å². The molecule has 0 saturated heterocycles. The van der Waals surface area contributed by atoms with E-state index in [9.17, 15) is 56.4 Å². The average molecular weight is 676 g/mol. The monoisotopic (exact) mass is 675 g/mol. The fraction of sp³-hybridized carbons (Fsp3) is 0.476. The van der Waals surface area contributed by atoms with Crippen LogP contribution in [0.1, 0.15) is 20.3 Å². The standard InChI is InChI=1S/C21H23F6NO9S4/c1-4-13(2)18(29)36-11-12-38-17-10-9-16(14-7-5-6-8-15(14)17)37-41(34,35)21(26,27)19(22,23)20(24,25)40(32,33)28-39(3,30)31/h5-10,13,28H,4,11-12H2,1-3H3. The summed E-state index contributed by atoms with van der Waals surface area (Å²) in [5.41, 5.74) is 0. The Labute approximate surface area is 236 Å². The van der Waals surface area contributed by atoms with Crippen molar-refractivity contribution in [3.05, 3.63) is 36.4 Å². The molecule has 1 N–H and O–H groups in total. The molecule has 0 saturated carbocycles.